The van der Waals surface area contributed by atoms with Gasteiger partial charge in [0, 0.05) is 24.4 Å². The van der Waals surface area contributed by atoms with Crippen molar-refractivity contribution >= 4 is 28.9 Å². The van der Waals surface area contributed by atoms with E-state index in [1.54, 1.807) is 4.90 Å². The lowest BCUT2D eigenvalue weighted by atomic mass is 10.1. The van der Waals surface area contributed by atoms with Gasteiger partial charge in [-0.3, -0.25) is 14.9 Å². The monoisotopic (exact) mass is 332 g/mol. The molecule has 120 valence electrons. The van der Waals surface area contributed by atoms with Gasteiger partial charge in [-0.1, -0.05) is 30.7 Å². The number of anilines is 1. The number of rotatable bonds is 5. The lowest BCUT2D eigenvalue weighted by Gasteiger charge is -2.23. The van der Waals surface area contributed by atoms with Crippen LogP contribution in [0.3, 0.4) is 0 Å². The van der Waals surface area contributed by atoms with Gasteiger partial charge in [-0.15, -0.1) is 0 Å². The van der Waals surface area contributed by atoms with Crippen molar-refractivity contribution in [2.45, 2.75) is 20.3 Å². The van der Waals surface area contributed by atoms with Crippen LogP contribution in [0.25, 0.3) is 0 Å². The highest BCUT2D eigenvalue weighted by Gasteiger charge is 2.22. The van der Waals surface area contributed by atoms with E-state index in [1.165, 1.54) is 18.2 Å². The zero-order valence-electron chi connectivity index (χ0n) is 13.0. The quantitative estimate of drug-likeness (QED) is 0.593. The minimum atomic E-state index is -0.538. The van der Waals surface area contributed by atoms with Crippen LogP contribution in [0.1, 0.15) is 29.3 Å². The molecule has 0 N–H and O–H groups in total. The van der Waals surface area contributed by atoms with Crippen molar-refractivity contribution in [2.75, 3.05) is 11.4 Å². The van der Waals surface area contributed by atoms with Crippen LogP contribution in [0.2, 0.25) is 5.02 Å². The van der Waals surface area contributed by atoms with Crippen LogP contribution in [-0.4, -0.2) is 17.4 Å². The van der Waals surface area contributed by atoms with E-state index in [1.807, 2.05) is 38.1 Å². The Morgan fingerprint density at radius 2 is 2.00 bits per heavy atom. The molecule has 0 aliphatic heterocycles. The number of nitrogens with zero attached hydrogens (tertiary/aromatic N) is 2. The number of halogens is 1. The molecule has 0 unspecified atom stereocenters. The Bertz CT molecular complexity index is 746. The first-order valence-corrected chi connectivity index (χ1v) is 7.64. The van der Waals surface area contributed by atoms with Gasteiger partial charge >= 0.3 is 0 Å². The highest BCUT2D eigenvalue weighted by Crippen LogP contribution is 2.26. The van der Waals surface area contributed by atoms with E-state index in [0.717, 1.165) is 17.7 Å². The number of non-ortho nitro benzene ring substituents is 1. The molecule has 0 aliphatic rings. The number of nitro groups is 1. The van der Waals surface area contributed by atoms with Crippen LogP contribution in [0, 0.1) is 17.0 Å². The fraction of sp³-hybridized carbons (Fsp3) is 0.235. The molecular formula is C17H17ClN2O3. The van der Waals surface area contributed by atoms with Crippen LogP contribution in [-0.2, 0) is 0 Å². The summed E-state index contributed by atoms with van der Waals surface area (Å²) in [5.41, 5.74) is 1.76. The number of hydrogen-bond donors (Lipinski definition) is 0. The topological polar surface area (TPSA) is 63.5 Å². The molecule has 0 spiro atoms. The molecule has 0 heterocycles. The van der Waals surface area contributed by atoms with Gasteiger partial charge in [-0.05, 0) is 37.1 Å². The number of amides is 1. The molecule has 5 nitrogen and oxygen atoms in total. The first kappa shape index (κ1) is 17.0. The summed E-state index contributed by atoms with van der Waals surface area (Å²) in [5.74, 6) is -0.342. The Morgan fingerprint density at radius 3 is 2.61 bits per heavy atom. The molecule has 23 heavy (non-hydrogen) atoms. The van der Waals surface area contributed by atoms with Crippen molar-refractivity contribution in [1.29, 1.82) is 0 Å². The van der Waals surface area contributed by atoms with E-state index in [9.17, 15) is 14.9 Å². The van der Waals surface area contributed by atoms with E-state index >= 15 is 0 Å². The van der Waals surface area contributed by atoms with E-state index in [-0.39, 0.29) is 22.2 Å². The second-order valence-corrected chi connectivity index (χ2v) is 5.62. The number of benzene rings is 2. The second kappa shape index (κ2) is 7.24. The molecule has 0 atom stereocenters. The average molecular weight is 333 g/mol. The predicted molar refractivity (Wildman–Crippen MR) is 91.3 cm³/mol. The standard InChI is InChI=1S/C17H17ClN2O3/c1-3-9-19(13-6-4-5-12(2)10-13)17(21)15-11-14(20(22)23)7-8-16(15)18/h4-8,10-11H,3,9H2,1-2H3. The van der Waals surface area contributed by atoms with Crippen LogP contribution in [0.15, 0.2) is 42.5 Å². The Balaban J connectivity index is 2.46. The molecule has 0 saturated heterocycles. The van der Waals surface area contributed by atoms with E-state index in [2.05, 4.69) is 0 Å². The zero-order chi connectivity index (χ0) is 17.0. The van der Waals surface area contributed by atoms with Crippen molar-refractivity contribution in [3.8, 4) is 0 Å². The third-order valence-corrected chi connectivity index (χ3v) is 3.73. The third-order valence-electron chi connectivity index (χ3n) is 3.40. The van der Waals surface area contributed by atoms with E-state index < -0.39 is 4.92 Å². The molecule has 0 saturated carbocycles. The molecule has 0 bridgehead atoms. The fourth-order valence-electron chi connectivity index (χ4n) is 2.30. The number of nitro benzene ring substituents is 1. The number of carbonyl (C=O) groups excluding carboxylic acids is 1. The lowest BCUT2D eigenvalue weighted by molar-refractivity contribution is -0.384. The molecule has 2 rings (SSSR count). The zero-order valence-corrected chi connectivity index (χ0v) is 13.7. The van der Waals surface area contributed by atoms with Crippen molar-refractivity contribution in [1.82, 2.24) is 0 Å². The summed E-state index contributed by atoms with van der Waals surface area (Å²) in [6.07, 6.45) is 0.756. The van der Waals surface area contributed by atoms with Gasteiger partial charge < -0.3 is 4.90 Å². The van der Waals surface area contributed by atoms with Crippen LogP contribution in [0.4, 0.5) is 11.4 Å². The molecule has 0 aliphatic carbocycles. The molecule has 6 heteroatoms. The summed E-state index contributed by atoms with van der Waals surface area (Å²) in [6.45, 7) is 4.41. The smallest absolute Gasteiger partial charge is 0.270 e. The van der Waals surface area contributed by atoms with Gasteiger partial charge in [-0.2, -0.15) is 0 Å². The van der Waals surface area contributed by atoms with Crippen LogP contribution < -0.4 is 4.90 Å². The van der Waals surface area contributed by atoms with Gasteiger partial charge in [0.15, 0.2) is 0 Å². The Kier molecular flexibility index (Phi) is 5.34. The Labute approximate surface area is 139 Å². The largest absolute Gasteiger partial charge is 0.308 e. The van der Waals surface area contributed by atoms with Gasteiger partial charge in [0.05, 0.1) is 15.5 Å². The van der Waals surface area contributed by atoms with Crippen LogP contribution in [0.5, 0.6) is 0 Å². The van der Waals surface area contributed by atoms with Crippen LogP contribution >= 0.6 is 11.6 Å². The fourth-order valence-corrected chi connectivity index (χ4v) is 2.50. The van der Waals surface area contributed by atoms with Gasteiger partial charge in [0.2, 0.25) is 0 Å². The predicted octanol–water partition coefficient (Wildman–Crippen LogP) is 4.61. The van der Waals surface area contributed by atoms with E-state index in [0.29, 0.717) is 6.54 Å². The lowest BCUT2D eigenvalue weighted by Crippen LogP contribution is -2.32. The third kappa shape index (κ3) is 3.87. The number of carbonyl (C=O) groups is 1. The van der Waals surface area contributed by atoms with Gasteiger partial charge in [0.1, 0.15) is 0 Å². The normalized spacial score (nSPS) is 10.4. The summed E-state index contributed by atoms with van der Waals surface area (Å²) in [7, 11) is 0. The summed E-state index contributed by atoms with van der Waals surface area (Å²) in [4.78, 5) is 24.9. The summed E-state index contributed by atoms with van der Waals surface area (Å²) >= 11 is 6.09. The Hall–Kier alpha value is -2.40. The first-order chi connectivity index (χ1) is 10.9. The molecule has 2 aromatic rings. The van der Waals surface area contributed by atoms with Crippen molar-refractivity contribution in [2.24, 2.45) is 0 Å². The minimum Gasteiger partial charge on any atom is -0.308 e. The number of hydrogen-bond acceptors (Lipinski definition) is 3. The number of aryl methyl sites for hydroxylation is 1. The maximum atomic E-state index is 12.9. The average Bonchev–Trinajstić information content (AvgIpc) is 2.52. The Morgan fingerprint density at radius 1 is 1.26 bits per heavy atom. The van der Waals surface area contributed by atoms with Crippen molar-refractivity contribution < 1.29 is 9.72 Å². The summed E-state index contributed by atoms with van der Waals surface area (Å²) < 4.78 is 0. The highest BCUT2D eigenvalue weighted by molar-refractivity contribution is 6.34. The molecular weight excluding hydrogens is 316 g/mol. The first-order valence-electron chi connectivity index (χ1n) is 7.26. The van der Waals surface area contributed by atoms with Crippen molar-refractivity contribution in [3.05, 3.63) is 68.7 Å². The molecule has 0 radical (unpaired) electrons. The molecule has 0 aromatic heterocycles. The van der Waals surface area contributed by atoms with Gasteiger partial charge in [-0.25, -0.2) is 0 Å². The summed E-state index contributed by atoms with van der Waals surface area (Å²) in [6, 6.07) is 11.4. The SMILES string of the molecule is CCCN(C(=O)c1cc([N+](=O)[O-])ccc1Cl)c1cccc(C)c1. The molecule has 0 fully saturated rings. The molecule has 1 amide bonds. The maximum absolute atomic E-state index is 12.9. The minimum absolute atomic E-state index is 0.135. The summed E-state index contributed by atoms with van der Waals surface area (Å²) in [5, 5.41) is 11.1. The maximum Gasteiger partial charge on any atom is 0.270 e. The second-order valence-electron chi connectivity index (χ2n) is 5.22. The molecule has 2 aromatic carbocycles. The van der Waals surface area contributed by atoms with Gasteiger partial charge in [0.25, 0.3) is 11.6 Å². The van der Waals surface area contributed by atoms with Crippen molar-refractivity contribution in [3.63, 3.8) is 0 Å². The van der Waals surface area contributed by atoms with E-state index in [4.69, 9.17) is 11.6 Å². The highest BCUT2D eigenvalue weighted by atomic mass is 35.5.